The Hall–Kier alpha value is -0.540. The molecule has 0 aliphatic carbocycles. The summed E-state index contributed by atoms with van der Waals surface area (Å²) in [4.78, 5) is 0. The fourth-order valence-corrected chi connectivity index (χ4v) is 2.86. The van der Waals surface area contributed by atoms with Gasteiger partial charge in [0, 0.05) is 4.47 Å². The Morgan fingerprint density at radius 1 is 1.33 bits per heavy atom. The molecule has 0 bridgehead atoms. The number of hydrogen-bond donors (Lipinski definition) is 1. The molecule has 1 heterocycles. The first kappa shape index (κ1) is 13.9. The molecule has 0 atom stereocenters. The van der Waals surface area contributed by atoms with Crippen LogP contribution in [-0.4, -0.2) is 19.2 Å². The molecular weight excluding hydrogens is 290 g/mol. The average molecular weight is 312 g/mol. The van der Waals surface area contributed by atoms with Crippen LogP contribution in [0.5, 0.6) is 5.75 Å². The molecule has 0 radical (unpaired) electrons. The molecule has 1 saturated heterocycles. The van der Waals surface area contributed by atoms with E-state index in [4.69, 9.17) is 4.74 Å². The fraction of sp³-hybridized carbons (Fsp3) is 0.600. The number of benzene rings is 1. The monoisotopic (exact) mass is 311 g/mol. The van der Waals surface area contributed by atoms with Gasteiger partial charge in [-0.05, 0) is 75.9 Å². The van der Waals surface area contributed by atoms with Gasteiger partial charge in [-0.15, -0.1) is 0 Å². The number of piperidine rings is 1. The van der Waals surface area contributed by atoms with Gasteiger partial charge in [-0.1, -0.05) is 15.9 Å². The number of halogens is 1. The Bertz CT molecular complexity index is 386. The van der Waals surface area contributed by atoms with Gasteiger partial charge in [0.05, 0.1) is 6.10 Å². The summed E-state index contributed by atoms with van der Waals surface area (Å²) in [5.74, 6) is 1.79. The number of nitrogens with one attached hydrogen (secondary N) is 1. The first-order valence-electron chi connectivity index (χ1n) is 6.81. The second-order valence-electron chi connectivity index (χ2n) is 5.32. The summed E-state index contributed by atoms with van der Waals surface area (Å²) < 4.78 is 6.97. The summed E-state index contributed by atoms with van der Waals surface area (Å²) in [5, 5.41) is 3.42. The van der Waals surface area contributed by atoms with Gasteiger partial charge in [0.15, 0.2) is 0 Å². The predicted molar refractivity (Wildman–Crippen MR) is 79.2 cm³/mol. The van der Waals surface area contributed by atoms with E-state index in [0.717, 1.165) is 31.2 Å². The molecule has 1 aromatic rings. The van der Waals surface area contributed by atoms with E-state index in [9.17, 15) is 0 Å². The van der Waals surface area contributed by atoms with E-state index in [0.29, 0.717) is 0 Å². The van der Waals surface area contributed by atoms with Gasteiger partial charge in [0.2, 0.25) is 0 Å². The van der Waals surface area contributed by atoms with Crippen LogP contribution >= 0.6 is 15.9 Å². The first-order chi connectivity index (χ1) is 8.65. The lowest BCUT2D eigenvalue weighted by Gasteiger charge is -2.23. The van der Waals surface area contributed by atoms with Gasteiger partial charge in [0.25, 0.3) is 0 Å². The highest BCUT2D eigenvalue weighted by Crippen LogP contribution is 2.28. The van der Waals surface area contributed by atoms with E-state index in [2.05, 4.69) is 47.2 Å². The second kappa shape index (κ2) is 6.58. The van der Waals surface area contributed by atoms with E-state index < -0.39 is 0 Å². The maximum Gasteiger partial charge on any atom is 0.120 e. The Morgan fingerprint density at radius 3 is 2.72 bits per heavy atom. The Labute approximate surface area is 118 Å². The summed E-state index contributed by atoms with van der Waals surface area (Å²) in [6.45, 7) is 6.44. The van der Waals surface area contributed by atoms with Crippen molar-refractivity contribution in [3.05, 3.63) is 28.2 Å². The van der Waals surface area contributed by atoms with Crippen molar-refractivity contribution >= 4 is 15.9 Å². The molecule has 3 heteroatoms. The van der Waals surface area contributed by atoms with Crippen LogP contribution in [0.2, 0.25) is 0 Å². The minimum Gasteiger partial charge on any atom is -0.491 e. The summed E-state index contributed by atoms with van der Waals surface area (Å²) in [7, 11) is 0. The summed E-state index contributed by atoms with van der Waals surface area (Å²) in [6.07, 6.45) is 3.94. The maximum absolute atomic E-state index is 5.77. The molecule has 0 unspecified atom stereocenters. The largest absolute Gasteiger partial charge is 0.491 e. The van der Waals surface area contributed by atoms with Gasteiger partial charge < -0.3 is 10.1 Å². The third kappa shape index (κ3) is 3.99. The molecule has 0 spiro atoms. The van der Waals surface area contributed by atoms with Gasteiger partial charge in [-0.3, -0.25) is 0 Å². The van der Waals surface area contributed by atoms with Crippen LogP contribution in [0, 0.1) is 5.92 Å². The first-order valence-corrected chi connectivity index (χ1v) is 7.60. The normalized spacial score (nSPS) is 17.1. The molecule has 0 saturated carbocycles. The fourth-order valence-electron chi connectivity index (χ4n) is 2.45. The van der Waals surface area contributed by atoms with Crippen LogP contribution in [0.3, 0.4) is 0 Å². The maximum atomic E-state index is 5.77. The van der Waals surface area contributed by atoms with Gasteiger partial charge in [0.1, 0.15) is 5.75 Å². The van der Waals surface area contributed by atoms with E-state index in [-0.39, 0.29) is 6.10 Å². The molecule has 0 amide bonds. The van der Waals surface area contributed by atoms with Crippen LogP contribution in [0.4, 0.5) is 0 Å². The minimum absolute atomic E-state index is 0.234. The lowest BCUT2D eigenvalue weighted by molar-refractivity contribution is 0.242. The zero-order chi connectivity index (χ0) is 13.0. The van der Waals surface area contributed by atoms with Crippen molar-refractivity contribution in [2.24, 2.45) is 5.92 Å². The smallest absolute Gasteiger partial charge is 0.120 e. The molecule has 100 valence electrons. The highest BCUT2D eigenvalue weighted by Gasteiger charge is 2.15. The second-order valence-corrected chi connectivity index (χ2v) is 6.17. The van der Waals surface area contributed by atoms with Crippen molar-refractivity contribution < 1.29 is 4.74 Å². The SMILES string of the molecule is CC(C)Oc1ccc(Br)c(CC2CCNCC2)c1. The standard InChI is InChI=1S/C15H22BrNO/c1-11(2)18-14-3-4-15(16)13(10-14)9-12-5-7-17-8-6-12/h3-4,10-12,17H,5-9H2,1-2H3. The molecule has 1 aliphatic rings. The lowest BCUT2D eigenvalue weighted by Crippen LogP contribution is -2.28. The Morgan fingerprint density at radius 2 is 2.06 bits per heavy atom. The van der Waals surface area contributed by atoms with Crippen LogP contribution in [0.25, 0.3) is 0 Å². The highest BCUT2D eigenvalue weighted by atomic mass is 79.9. The van der Waals surface area contributed by atoms with Crippen LogP contribution in [0.1, 0.15) is 32.3 Å². The molecule has 1 fully saturated rings. The van der Waals surface area contributed by atoms with Gasteiger partial charge in [-0.25, -0.2) is 0 Å². The summed E-state index contributed by atoms with van der Waals surface area (Å²) >= 11 is 3.65. The molecule has 2 rings (SSSR count). The molecule has 18 heavy (non-hydrogen) atoms. The molecular formula is C15H22BrNO. The molecule has 1 aromatic carbocycles. The lowest BCUT2D eigenvalue weighted by atomic mass is 9.91. The summed E-state index contributed by atoms with van der Waals surface area (Å²) in [5.41, 5.74) is 1.38. The van der Waals surface area contributed by atoms with Crippen LogP contribution < -0.4 is 10.1 Å². The van der Waals surface area contributed by atoms with Crippen molar-refractivity contribution in [1.29, 1.82) is 0 Å². The van der Waals surface area contributed by atoms with Crippen molar-refractivity contribution in [1.82, 2.24) is 5.32 Å². The molecule has 0 aromatic heterocycles. The van der Waals surface area contributed by atoms with E-state index in [1.165, 1.54) is 22.9 Å². The molecule has 1 N–H and O–H groups in total. The van der Waals surface area contributed by atoms with E-state index in [1.54, 1.807) is 0 Å². The Balaban J connectivity index is 2.05. The number of ether oxygens (including phenoxy) is 1. The molecule has 2 nitrogen and oxygen atoms in total. The van der Waals surface area contributed by atoms with E-state index in [1.807, 2.05) is 6.07 Å². The van der Waals surface area contributed by atoms with Crippen molar-refractivity contribution in [3.63, 3.8) is 0 Å². The van der Waals surface area contributed by atoms with Gasteiger partial charge >= 0.3 is 0 Å². The Kier molecular flexibility index (Phi) is 5.07. The van der Waals surface area contributed by atoms with E-state index >= 15 is 0 Å². The predicted octanol–water partition coefficient (Wildman–Crippen LogP) is 3.78. The average Bonchev–Trinajstić information content (AvgIpc) is 2.34. The molecule has 1 aliphatic heterocycles. The third-order valence-corrected chi connectivity index (χ3v) is 4.13. The highest BCUT2D eigenvalue weighted by molar-refractivity contribution is 9.10. The quantitative estimate of drug-likeness (QED) is 0.913. The minimum atomic E-state index is 0.234. The zero-order valence-electron chi connectivity index (χ0n) is 11.2. The number of rotatable bonds is 4. The summed E-state index contributed by atoms with van der Waals surface area (Å²) in [6, 6.07) is 6.33. The van der Waals surface area contributed by atoms with Gasteiger partial charge in [-0.2, -0.15) is 0 Å². The van der Waals surface area contributed by atoms with Crippen molar-refractivity contribution in [2.45, 2.75) is 39.2 Å². The zero-order valence-corrected chi connectivity index (χ0v) is 12.8. The van der Waals surface area contributed by atoms with Crippen molar-refractivity contribution in [3.8, 4) is 5.75 Å². The van der Waals surface area contributed by atoms with Crippen molar-refractivity contribution in [2.75, 3.05) is 13.1 Å². The number of hydrogen-bond acceptors (Lipinski definition) is 2. The van der Waals surface area contributed by atoms with Crippen LogP contribution in [-0.2, 0) is 6.42 Å². The van der Waals surface area contributed by atoms with Crippen LogP contribution in [0.15, 0.2) is 22.7 Å². The topological polar surface area (TPSA) is 21.3 Å². The third-order valence-electron chi connectivity index (χ3n) is 3.36.